The van der Waals surface area contributed by atoms with Crippen molar-refractivity contribution in [3.63, 3.8) is 0 Å². The molecular formula is C18H25F4N3O3S. The van der Waals surface area contributed by atoms with Crippen molar-refractivity contribution in [1.82, 2.24) is 14.5 Å². The van der Waals surface area contributed by atoms with Gasteiger partial charge in [-0.2, -0.15) is 13.2 Å². The van der Waals surface area contributed by atoms with Crippen LogP contribution in [0.3, 0.4) is 0 Å². The van der Waals surface area contributed by atoms with Gasteiger partial charge < -0.3 is 5.32 Å². The first-order chi connectivity index (χ1) is 13.5. The van der Waals surface area contributed by atoms with Gasteiger partial charge in [0.25, 0.3) is 0 Å². The van der Waals surface area contributed by atoms with Gasteiger partial charge in [0.05, 0.1) is 11.4 Å². The van der Waals surface area contributed by atoms with Crippen LogP contribution in [0, 0.1) is 11.7 Å². The molecule has 1 aromatic carbocycles. The molecule has 1 unspecified atom stereocenters. The zero-order chi connectivity index (χ0) is 21.7. The molecule has 1 aliphatic rings. The summed E-state index contributed by atoms with van der Waals surface area (Å²) in [4.78, 5) is 13.2. The molecule has 1 saturated heterocycles. The Labute approximate surface area is 167 Å². The molecule has 164 valence electrons. The Hall–Kier alpha value is -1.72. The lowest BCUT2D eigenvalue weighted by Gasteiger charge is -2.18. The maximum Gasteiger partial charge on any atom is 0.401 e. The van der Waals surface area contributed by atoms with Gasteiger partial charge in [0, 0.05) is 33.1 Å². The van der Waals surface area contributed by atoms with Gasteiger partial charge in [-0.15, -0.1) is 0 Å². The van der Waals surface area contributed by atoms with Crippen LogP contribution >= 0.6 is 0 Å². The third kappa shape index (κ3) is 7.56. The van der Waals surface area contributed by atoms with Gasteiger partial charge in [0.2, 0.25) is 15.9 Å². The molecule has 2 rings (SSSR count). The van der Waals surface area contributed by atoms with Gasteiger partial charge in [-0.25, -0.2) is 17.1 Å². The fourth-order valence-electron chi connectivity index (χ4n) is 3.19. The van der Waals surface area contributed by atoms with E-state index in [2.05, 4.69) is 5.32 Å². The fraction of sp³-hybridized carbons (Fsp3) is 0.611. The molecule has 1 aromatic rings. The third-order valence-corrected chi connectivity index (χ3v) is 6.63. The topological polar surface area (TPSA) is 69.7 Å². The second-order valence-corrected chi connectivity index (χ2v) is 9.24. The van der Waals surface area contributed by atoms with E-state index in [4.69, 9.17) is 0 Å². The second-order valence-electron chi connectivity index (χ2n) is 7.19. The summed E-state index contributed by atoms with van der Waals surface area (Å²) >= 11 is 0. The molecule has 0 radical (unpaired) electrons. The number of carbonyl (C=O) groups excluding carboxylic acids is 1. The largest absolute Gasteiger partial charge is 0.401 e. The molecule has 0 aromatic heterocycles. The van der Waals surface area contributed by atoms with Crippen LogP contribution in [-0.4, -0.2) is 69.5 Å². The minimum absolute atomic E-state index is 0.0252. The number of amides is 1. The van der Waals surface area contributed by atoms with Crippen LogP contribution in [0.1, 0.15) is 19.3 Å². The molecule has 1 amide bonds. The second kappa shape index (κ2) is 9.86. The lowest BCUT2D eigenvalue weighted by atomic mass is 10.1. The van der Waals surface area contributed by atoms with Crippen LogP contribution in [0.2, 0.25) is 0 Å². The number of alkyl halides is 3. The Kier molecular flexibility index (Phi) is 8.01. The van der Waals surface area contributed by atoms with Crippen LogP contribution in [0.15, 0.2) is 29.2 Å². The third-order valence-electron chi connectivity index (χ3n) is 4.76. The van der Waals surface area contributed by atoms with Crippen molar-refractivity contribution in [3.8, 4) is 0 Å². The van der Waals surface area contributed by atoms with E-state index in [1.807, 2.05) is 0 Å². The molecule has 1 atom stereocenters. The molecule has 29 heavy (non-hydrogen) atoms. The highest BCUT2D eigenvalue weighted by Gasteiger charge is 2.34. The van der Waals surface area contributed by atoms with Crippen molar-refractivity contribution in [1.29, 1.82) is 0 Å². The van der Waals surface area contributed by atoms with Gasteiger partial charge in [0.15, 0.2) is 0 Å². The highest BCUT2D eigenvalue weighted by atomic mass is 32.2. The number of likely N-dealkylation sites (tertiary alicyclic amines) is 1. The zero-order valence-corrected chi connectivity index (χ0v) is 16.9. The quantitative estimate of drug-likeness (QED) is 0.599. The molecule has 0 saturated carbocycles. The first kappa shape index (κ1) is 23.6. The van der Waals surface area contributed by atoms with Crippen molar-refractivity contribution in [3.05, 3.63) is 30.1 Å². The lowest BCUT2D eigenvalue weighted by Crippen LogP contribution is -2.35. The average molecular weight is 439 g/mol. The number of carbonyl (C=O) groups is 1. The molecular weight excluding hydrogens is 414 g/mol. The lowest BCUT2D eigenvalue weighted by molar-refractivity contribution is -0.143. The summed E-state index contributed by atoms with van der Waals surface area (Å²) in [5.41, 5.74) is 0. The number of hydrogen-bond acceptors (Lipinski definition) is 4. The van der Waals surface area contributed by atoms with Gasteiger partial charge in [-0.05, 0) is 49.6 Å². The van der Waals surface area contributed by atoms with Crippen molar-refractivity contribution in [2.75, 3.05) is 39.8 Å². The van der Waals surface area contributed by atoms with E-state index < -0.39 is 28.6 Å². The predicted octanol–water partition coefficient (Wildman–Crippen LogP) is 2.23. The number of nitrogens with zero attached hydrogens (tertiary/aromatic N) is 2. The number of sulfonamides is 1. The molecule has 1 fully saturated rings. The minimum atomic E-state index is -4.22. The summed E-state index contributed by atoms with van der Waals surface area (Å²) in [7, 11) is -2.38. The molecule has 1 N–H and O–H groups in total. The monoisotopic (exact) mass is 439 g/mol. The Morgan fingerprint density at radius 1 is 1.28 bits per heavy atom. The SMILES string of the molecule is CN(CCCC(=O)NCC1CCN(CC(F)(F)F)C1)S(=O)(=O)c1ccc(F)cc1. The van der Waals surface area contributed by atoms with E-state index >= 15 is 0 Å². The molecule has 1 aliphatic heterocycles. The summed E-state index contributed by atoms with van der Waals surface area (Å²) in [6, 6.07) is 4.48. The normalized spacial score (nSPS) is 18.3. The summed E-state index contributed by atoms with van der Waals surface area (Å²) in [5, 5.41) is 2.70. The number of benzene rings is 1. The van der Waals surface area contributed by atoms with Crippen LogP contribution in [0.25, 0.3) is 0 Å². The van der Waals surface area contributed by atoms with Crippen molar-refractivity contribution >= 4 is 15.9 Å². The van der Waals surface area contributed by atoms with Crippen molar-refractivity contribution in [2.45, 2.75) is 30.3 Å². The van der Waals surface area contributed by atoms with Gasteiger partial charge in [-0.3, -0.25) is 9.69 Å². The summed E-state index contributed by atoms with van der Waals surface area (Å²) in [6.07, 6.45) is -3.25. The average Bonchev–Trinajstić information content (AvgIpc) is 3.05. The highest BCUT2D eigenvalue weighted by molar-refractivity contribution is 7.89. The fourth-order valence-corrected chi connectivity index (χ4v) is 4.40. The number of hydrogen-bond donors (Lipinski definition) is 1. The van der Waals surface area contributed by atoms with E-state index in [-0.39, 0.29) is 36.1 Å². The van der Waals surface area contributed by atoms with Crippen LogP contribution < -0.4 is 5.32 Å². The minimum Gasteiger partial charge on any atom is -0.356 e. The van der Waals surface area contributed by atoms with Crippen LogP contribution in [0.4, 0.5) is 17.6 Å². The molecule has 11 heteroatoms. The first-order valence-corrected chi connectivity index (χ1v) is 10.7. The number of rotatable bonds is 9. The number of nitrogens with one attached hydrogen (secondary N) is 1. The summed E-state index contributed by atoms with van der Waals surface area (Å²) < 4.78 is 75.9. The molecule has 0 aliphatic carbocycles. The van der Waals surface area contributed by atoms with Gasteiger partial charge >= 0.3 is 6.18 Å². The summed E-state index contributed by atoms with van der Waals surface area (Å²) in [6.45, 7) is 0.115. The van der Waals surface area contributed by atoms with E-state index in [0.29, 0.717) is 26.1 Å². The standard InChI is InChI=1S/C18H25F4N3O3S/c1-24(29(27,28)16-6-4-15(19)5-7-16)9-2-3-17(26)23-11-14-8-10-25(12-14)13-18(20,21)22/h4-7,14H,2-3,8-13H2,1H3,(H,23,26). The number of halogens is 4. The highest BCUT2D eigenvalue weighted by Crippen LogP contribution is 2.22. The smallest absolute Gasteiger partial charge is 0.356 e. The maximum atomic E-state index is 12.9. The van der Waals surface area contributed by atoms with E-state index in [1.165, 1.54) is 24.1 Å². The van der Waals surface area contributed by atoms with Crippen molar-refractivity contribution < 1.29 is 30.8 Å². The summed E-state index contributed by atoms with van der Waals surface area (Å²) in [5.74, 6) is -0.832. The Balaban J connectivity index is 1.68. The Morgan fingerprint density at radius 2 is 1.93 bits per heavy atom. The van der Waals surface area contributed by atoms with E-state index in [0.717, 1.165) is 16.4 Å². The van der Waals surface area contributed by atoms with Gasteiger partial charge in [0.1, 0.15) is 5.82 Å². The van der Waals surface area contributed by atoms with E-state index in [1.54, 1.807) is 0 Å². The van der Waals surface area contributed by atoms with Crippen molar-refractivity contribution in [2.24, 2.45) is 5.92 Å². The molecule has 1 heterocycles. The molecule has 0 spiro atoms. The molecule has 0 bridgehead atoms. The molecule has 6 nitrogen and oxygen atoms in total. The maximum absolute atomic E-state index is 12.9. The van der Waals surface area contributed by atoms with Crippen LogP contribution in [0.5, 0.6) is 0 Å². The van der Waals surface area contributed by atoms with Crippen LogP contribution in [-0.2, 0) is 14.8 Å². The first-order valence-electron chi connectivity index (χ1n) is 9.25. The Morgan fingerprint density at radius 3 is 2.55 bits per heavy atom. The zero-order valence-electron chi connectivity index (χ0n) is 16.1. The van der Waals surface area contributed by atoms with E-state index in [9.17, 15) is 30.8 Å². The Bertz CT molecular complexity index is 785. The predicted molar refractivity (Wildman–Crippen MR) is 99.1 cm³/mol. The van der Waals surface area contributed by atoms with Gasteiger partial charge in [-0.1, -0.05) is 0 Å².